The van der Waals surface area contributed by atoms with Crippen molar-refractivity contribution in [2.45, 2.75) is 51.9 Å². The molecule has 0 bridgehead atoms. The summed E-state index contributed by atoms with van der Waals surface area (Å²) < 4.78 is 0. The molecule has 0 fully saturated rings. The van der Waals surface area contributed by atoms with E-state index in [-0.39, 0.29) is 0 Å². The van der Waals surface area contributed by atoms with Crippen molar-refractivity contribution >= 4 is 29.2 Å². The van der Waals surface area contributed by atoms with Crippen molar-refractivity contribution in [2.75, 3.05) is 4.90 Å². The number of benzene rings is 4. The molecule has 4 aromatic rings. The van der Waals surface area contributed by atoms with E-state index in [0.29, 0.717) is 5.92 Å². The van der Waals surface area contributed by atoms with E-state index in [0.717, 1.165) is 11.4 Å². The van der Waals surface area contributed by atoms with Crippen LogP contribution in [-0.4, -0.2) is 0 Å². The Labute approximate surface area is 211 Å². The van der Waals surface area contributed by atoms with Crippen molar-refractivity contribution in [3.63, 3.8) is 0 Å². The molecule has 35 heavy (non-hydrogen) atoms. The first-order valence-electron chi connectivity index (χ1n) is 13.1. The fraction of sp³-hybridized carbons (Fsp3) is 0.235. The van der Waals surface area contributed by atoms with Gasteiger partial charge in [-0.15, -0.1) is 0 Å². The van der Waals surface area contributed by atoms with Crippen LogP contribution < -0.4 is 4.90 Å². The fourth-order valence-electron chi connectivity index (χ4n) is 4.76. The maximum atomic E-state index is 2.34. The van der Waals surface area contributed by atoms with Gasteiger partial charge < -0.3 is 4.90 Å². The molecule has 0 spiro atoms. The number of unbranched alkanes of at least 4 members (excludes halogenated alkanes) is 1. The van der Waals surface area contributed by atoms with Crippen molar-refractivity contribution in [1.29, 1.82) is 0 Å². The second kappa shape index (κ2) is 12.8. The van der Waals surface area contributed by atoms with Gasteiger partial charge in [0.25, 0.3) is 0 Å². The molecular formula is C34H37N. The van der Waals surface area contributed by atoms with Crippen LogP contribution in [0.1, 0.15) is 68.6 Å². The van der Waals surface area contributed by atoms with E-state index in [2.05, 4.69) is 140 Å². The molecule has 1 heteroatoms. The van der Waals surface area contributed by atoms with Gasteiger partial charge in [0.05, 0.1) is 5.69 Å². The van der Waals surface area contributed by atoms with E-state index >= 15 is 0 Å². The molecule has 0 aliphatic rings. The average molecular weight is 460 g/mol. The van der Waals surface area contributed by atoms with Gasteiger partial charge in [0, 0.05) is 11.4 Å². The van der Waals surface area contributed by atoms with Gasteiger partial charge in [-0.05, 0) is 65.8 Å². The molecule has 178 valence electrons. The third kappa shape index (κ3) is 6.51. The average Bonchev–Trinajstić information content (AvgIpc) is 2.92. The highest BCUT2D eigenvalue weighted by molar-refractivity contribution is 5.85. The summed E-state index contributed by atoms with van der Waals surface area (Å²) >= 11 is 0. The van der Waals surface area contributed by atoms with Crippen LogP contribution >= 0.6 is 0 Å². The highest BCUT2D eigenvalue weighted by Crippen LogP contribution is 2.37. The Balaban J connectivity index is 1.62. The number of hydrogen-bond donors (Lipinski definition) is 0. The maximum absolute atomic E-state index is 2.34. The van der Waals surface area contributed by atoms with Gasteiger partial charge in [-0.3, -0.25) is 0 Å². The van der Waals surface area contributed by atoms with E-state index in [1.54, 1.807) is 0 Å². The molecule has 0 aliphatic heterocycles. The standard InChI is InChI=1S/C34H37N/c1-3-5-15-29(14-4-2)30-25-22-28(23-26-30)24-27-31-16-12-13-21-34(31)35(32-17-8-6-9-18-32)33-19-10-7-11-20-33/h6-13,16-27,29H,3-5,14-15H2,1-2H3. The smallest absolute Gasteiger partial charge is 0.0533 e. The number of para-hydroxylation sites is 3. The molecule has 0 saturated heterocycles. The molecule has 0 amide bonds. The number of nitrogens with zero attached hydrogens (tertiary/aromatic N) is 1. The SMILES string of the molecule is CCCCC(CCC)c1ccc(C=Cc2ccccc2N(c2ccccc2)c2ccccc2)cc1. The first-order chi connectivity index (χ1) is 17.3. The Hall–Kier alpha value is -3.58. The zero-order valence-electron chi connectivity index (χ0n) is 21.1. The molecule has 4 rings (SSSR count). The summed E-state index contributed by atoms with van der Waals surface area (Å²) in [5.41, 5.74) is 7.38. The third-order valence-corrected chi connectivity index (χ3v) is 6.61. The number of rotatable bonds is 11. The second-order valence-corrected chi connectivity index (χ2v) is 9.19. The summed E-state index contributed by atoms with van der Waals surface area (Å²) in [7, 11) is 0. The van der Waals surface area contributed by atoms with Crippen LogP contribution in [0.15, 0.2) is 109 Å². The third-order valence-electron chi connectivity index (χ3n) is 6.61. The van der Waals surface area contributed by atoms with Gasteiger partial charge in [0.15, 0.2) is 0 Å². The van der Waals surface area contributed by atoms with Crippen molar-refractivity contribution in [3.8, 4) is 0 Å². The maximum Gasteiger partial charge on any atom is 0.0533 e. The van der Waals surface area contributed by atoms with E-state index < -0.39 is 0 Å². The van der Waals surface area contributed by atoms with Crippen molar-refractivity contribution in [2.24, 2.45) is 0 Å². The summed E-state index contributed by atoms with van der Waals surface area (Å²) in [5, 5.41) is 0. The lowest BCUT2D eigenvalue weighted by Gasteiger charge is -2.27. The van der Waals surface area contributed by atoms with Crippen molar-refractivity contribution < 1.29 is 0 Å². The summed E-state index contributed by atoms with van der Waals surface area (Å²) in [6.07, 6.45) is 10.9. The number of anilines is 3. The normalized spacial score (nSPS) is 12.1. The lowest BCUT2D eigenvalue weighted by atomic mass is 9.89. The molecule has 0 aliphatic carbocycles. The monoisotopic (exact) mass is 459 g/mol. The van der Waals surface area contributed by atoms with E-state index in [1.165, 1.54) is 54.5 Å². The molecule has 1 unspecified atom stereocenters. The zero-order valence-corrected chi connectivity index (χ0v) is 21.1. The van der Waals surface area contributed by atoms with Gasteiger partial charge >= 0.3 is 0 Å². The molecule has 1 nitrogen and oxygen atoms in total. The van der Waals surface area contributed by atoms with Gasteiger partial charge in [0.2, 0.25) is 0 Å². The van der Waals surface area contributed by atoms with Crippen LogP contribution in [0.25, 0.3) is 12.2 Å². The van der Waals surface area contributed by atoms with Crippen LogP contribution in [0.3, 0.4) is 0 Å². The highest BCUT2D eigenvalue weighted by Gasteiger charge is 2.14. The van der Waals surface area contributed by atoms with Crippen LogP contribution in [-0.2, 0) is 0 Å². The molecule has 0 N–H and O–H groups in total. The van der Waals surface area contributed by atoms with Gasteiger partial charge in [0.1, 0.15) is 0 Å². The number of hydrogen-bond acceptors (Lipinski definition) is 1. The Morgan fingerprint density at radius 1 is 0.600 bits per heavy atom. The van der Waals surface area contributed by atoms with Gasteiger partial charge in [-0.25, -0.2) is 0 Å². The summed E-state index contributed by atoms with van der Waals surface area (Å²) in [6, 6.07) is 39.0. The van der Waals surface area contributed by atoms with Gasteiger partial charge in [-0.2, -0.15) is 0 Å². The van der Waals surface area contributed by atoms with Crippen LogP contribution in [0, 0.1) is 0 Å². The minimum atomic E-state index is 0.684. The van der Waals surface area contributed by atoms with Crippen molar-refractivity contribution in [1.82, 2.24) is 0 Å². The van der Waals surface area contributed by atoms with Gasteiger partial charge in [-0.1, -0.05) is 124 Å². The van der Waals surface area contributed by atoms with E-state index in [4.69, 9.17) is 0 Å². The topological polar surface area (TPSA) is 3.24 Å². The lowest BCUT2D eigenvalue weighted by molar-refractivity contribution is 0.541. The zero-order chi connectivity index (χ0) is 24.3. The predicted molar refractivity (Wildman–Crippen MR) is 154 cm³/mol. The Morgan fingerprint density at radius 3 is 1.80 bits per heavy atom. The quantitative estimate of drug-likeness (QED) is 0.202. The minimum absolute atomic E-state index is 0.684. The molecule has 0 saturated carbocycles. The van der Waals surface area contributed by atoms with Crippen molar-refractivity contribution in [3.05, 3.63) is 126 Å². The van der Waals surface area contributed by atoms with Crippen LogP contribution in [0.5, 0.6) is 0 Å². The lowest BCUT2D eigenvalue weighted by Crippen LogP contribution is -2.10. The Kier molecular flexibility index (Phi) is 8.95. The second-order valence-electron chi connectivity index (χ2n) is 9.19. The summed E-state index contributed by atoms with van der Waals surface area (Å²) in [4.78, 5) is 2.33. The molecule has 1 atom stereocenters. The molecule has 0 aromatic heterocycles. The predicted octanol–water partition coefficient (Wildman–Crippen LogP) is 10.4. The molecular weight excluding hydrogens is 422 g/mol. The fourth-order valence-corrected chi connectivity index (χ4v) is 4.76. The molecule has 0 radical (unpaired) electrons. The van der Waals surface area contributed by atoms with Crippen LogP contribution in [0.2, 0.25) is 0 Å². The summed E-state index contributed by atoms with van der Waals surface area (Å²) in [5.74, 6) is 0.684. The summed E-state index contributed by atoms with van der Waals surface area (Å²) in [6.45, 7) is 4.58. The van der Waals surface area contributed by atoms with E-state index in [9.17, 15) is 0 Å². The Morgan fingerprint density at radius 2 is 1.20 bits per heavy atom. The highest BCUT2D eigenvalue weighted by atomic mass is 15.1. The Bertz CT molecular complexity index is 1140. The minimum Gasteiger partial charge on any atom is -0.310 e. The molecule has 4 aromatic carbocycles. The van der Waals surface area contributed by atoms with Crippen LogP contribution in [0.4, 0.5) is 17.1 Å². The molecule has 0 heterocycles. The first kappa shape index (κ1) is 24.5. The first-order valence-corrected chi connectivity index (χ1v) is 13.1. The van der Waals surface area contributed by atoms with E-state index in [1.807, 2.05) is 0 Å². The largest absolute Gasteiger partial charge is 0.310 e.